The molecule has 4 nitrogen and oxygen atoms in total. The highest BCUT2D eigenvalue weighted by Gasteiger charge is 2.29. The maximum atomic E-state index is 6.04. The van der Waals surface area contributed by atoms with Gasteiger partial charge in [-0.2, -0.15) is 0 Å². The van der Waals surface area contributed by atoms with Crippen molar-refractivity contribution in [2.24, 2.45) is 11.7 Å². The number of piperidine rings is 1. The highest BCUT2D eigenvalue weighted by Crippen LogP contribution is 2.19. The zero-order chi connectivity index (χ0) is 12.3. The number of rotatable bonds is 4. The molecule has 0 aliphatic carbocycles. The van der Waals surface area contributed by atoms with Crippen LogP contribution in [0.2, 0.25) is 0 Å². The molecule has 17 heavy (non-hydrogen) atoms. The van der Waals surface area contributed by atoms with E-state index in [2.05, 4.69) is 23.8 Å². The molecule has 2 N–H and O–H groups in total. The molecule has 2 rings (SSSR count). The molecule has 0 spiro atoms. The maximum absolute atomic E-state index is 6.04. The lowest BCUT2D eigenvalue weighted by Crippen LogP contribution is -2.46. The summed E-state index contributed by atoms with van der Waals surface area (Å²) in [6.45, 7) is 8.62. The molecule has 100 valence electrons. The van der Waals surface area contributed by atoms with Gasteiger partial charge in [-0.1, -0.05) is 6.92 Å². The highest BCUT2D eigenvalue weighted by molar-refractivity contribution is 4.84. The van der Waals surface area contributed by atoms with Crippen molar-refractivity contribution in [2.75, 3.05) is 46.4 Å². The van der Waals surface area contributed by atoms with Gasteiger partial charge in [0, 0.05) is 24.5 Å². The number of likely N-dealkylation sites (tertiary alicyclic amines) is 1. The minimum atomic E-state index is 0.244. The SMILES string of the molecule is CCN1CCC(N(C)CC2COCC2N)CC1. The van der Waals surface area contributed by atoms with Crippen molar-refractivity contribution in [3.8, 4) is 0 Å². The van der Waals surface area contributed by atoms with Crippen molar-refractivity contribution in [3.05, 3.63) is 0 Å². The van der Waals surface area contributed by atoms with Crippen LogP contribution in [0.25, 0.3) is 0 Å². The number of hydrogen-bond acceptors (Lipinski definition) is 4. The van der Waals surface area contributed by atoms with Crippen molar-refractivity contribution in [1.82, 2.24) is 9.80 Å². The summed E-state index contributed by atoms with van der Waals surface area (Å²) in [5, 5.41) is 0. The monoisotopic (exact) mass is 241 g/mol. The fourth-order valence-corrected chi connectivity index (χ4v) is 3.00. The van der Waals surface area contributed by atoms with Crippen molar-refractivity contribution >= 4 is 0 Å². The molecule has 4 heteroatoms. The van der Waals surface area contributed by atoms with E-state index in [0.717, 1.165) is 25.8 Å². The molecule has 2 saturated heterocycles. The van der Waals surface area contributed by atoms with E-state index in [-0.39, 0.29) is 6.04 Å². The Hall–Kier alpha value is -0.160. The standard InChI is InChI=1S/C13H27N3O/c1-3-16-6-4-12(5-7-16)15(2)8-11-9-17-10-13(11)14/h11-13H,3-10,14H2,1-2H3. The molecule has 2 aliphatic rings. The van der Waals surface area contributed by atoms with Crippen LogP contribution in [0.3, 0.4) is 0 Å². The summed E-state index contributed by atoms with van der Waals surface area (Å²) in [5.41, 5.74) is 6.04. The topological polar surface area (TPSA) is 41.7 Å². The average Bonchev–Trinajstić information content (AvgIpc) is 2.75. The van der Waals surface area contributed by atoms with Gasteiger partial charge >= 0.3 is 0 Å². The van der Waals surface area contributed by atoms with Gasteiger partial charge in [0.25, 0.3) is 0 Å². The first-order valence-electron chi connectivity index (χ1n) is 6.96. The first-order chi connectivity index (χ1) is 8.20. The first-order valence-corrected chi connectivity index (χ1v) is 6.96. The van der Waals surface area contributed by atoms with Crippen LogP contribution in [0.15, 0.2) is 0 Å². The molecule has 0 aromatic carbocycles. The maximum Gasteiger partial charge on any atom is 0.0621 e. The minimum Gasteiger partial charge on any atom is -0.379 e. The van der Waals surface area contributed by atoms with E-state index in [4.69, 9.17) is 10.5 Å². The predicted octanol–water partition coefficient (Wildman–Crippen LogP) is 0.376. The van der Waals surface area contributed by atoms with Crippen LogP contribution >= 0.6 is 0 Å². The number of ether oxygens (including phenoxy) is 1. The van der Waals surface area contributed by atoms with Crippen LogP contribution in [0.4, 0.5) is 0 Å². The Morgan fingerprint density at radius 2 is 2.00 bits per heavy atom. The lowest BCUT2D eigenvalue weighted by atomic mass is 9.99. The van der Waals surface area contributed by atoms with Crippen molar-refractivity contribution in [3.63, 3.8) is 0 Å². The van der Waals surface area contributed by atoms with E-state index >= 15 is 0 Å². The third-order valence-corrected chi connectivity index (χ3v) is 4.40. The Labute approximate surface area is 105 Å². The van der Waals surface area contributed by atoms with Gasteiger partial charge in [0.05, 0.1) is 13.2 Å². The van der Waals surface area contributed by atoms with Crippen LogP contribution < -0.4 is 5.73 Å². The normalized spacial score (nSPS) is 32.5. The van der Waals surface area contributed by atoms with Gasteiger partial charge in [-0.3, -0.25) is 0 Å². The van der Waals surface area contributed by atoms with Gasteiger partial charge in [0.1, 0.15) is 0 Å². The summed E-state index contributed by atoms with van der Waals surface area (Å²) < 4.78 is 5.43. The second-order valence-corrected chi connectivity index (χ2v) is 5.57. The number of nitrogens with two attached hydrogens (primary N) is 1. The average molecular weight is 241 g/mol. The Balaban J connectivity index is 1.74. The van der Waals surface area contributed by atoms with E-state index in [1.165, 1.54) is 32.5 Å². The molecular formula is C13H27N3O. The fraction of sp³-hybridized carbons (Fsp3) is 1.00. The molecule has 2 aliphatic heterocycles. The molecule has 0 amide bonds. The van der Waals surface area contributed by atoms with E-state index < -0.39 is 0 Å². The van der Waals surface area contributed by atoms with Gasteiger partial charge in [-0.15, -0.1) is 0 Å². The van der Waals surface area contributed by atoms with Gasteiger partial charge in [-0.25, -0.2) is 0 Å². The van der Waals surface area contributed by atoms with Gasteiger partial charge in [0.2, 0.25) is 0 Å². The molecule has 0 radical (unpaired) electrons. The molecule has 2 unspecified atom stereocenters. The van der Waals surface area contributed by atoms with E-state index in [1.807, 2.05) is 0 Å². The van der Waals surface area contributed by atoms with Crippen LogP contribution in [0.1, 0.15) is 19.8 Å². The van der Waals surface area contributed by atoms with E-state index in [1.54, 1.807) is 0 Å². The molecule has 2 heterocycles. The van der Waals surface area contributed by atoms with Crippen molar-refractivity contribution in [2.45, 2.75) is 31.8 Å². The quantitative estimate of drug-likeness (QED) is 0.772. The lowest BCUT2D eigenvalue weighted by molar-refractivity contribution is 0.111. The second-order valence-electron chi connectivity index (χ2n) is 5.57. The largest absolute Gasteiger partial charge is 0.379 e. The molecule has 2 atom stereocenters. The smallest absolute Gasteiger partial charge is 0.0621 e. The molecular weight excluding hydrogens is 214 g/mol. The Morgan fingerprint density at radius 1 is 1.29 bits per heavy atom. The second kappa shape index (κ2) is 6.14. The van der Waals surface area contributed by atoms with Crippen molar-refractivity contribution < 1.29 is 4.74 Å². The third kappa shape index (κ3) is 3.41. The summed E-state index contributed by atoms with van der Waals surface area (Å²) in [4.78, 5) is 5.04. The summed E-state index contributed by atoms with van der Waals surface area (Å²) in [5.74, 6) is 0.532. The first kappa shape index (κ1) is 13.3. The number of hydrogen-bond donors (Lipinski definition) is 1. The summed E-state index contributed by atoms with van der Waals surface area (Å²) in [7, 11) is 2.25. The van der Waals surface area contributed by atoms with Crippen LogP contribution in [-0.4, -0.2) is 68.3 Å². The predicted molar refractivity (Wildman–Crippen MR) is 70.1 cm³/mol. The van der Waals surface area contributed by atoms with Gasteiger partial charge < -0.3 is 20.3 Å². The fourth-order valence-electron chi connectivity index (χ4n) is 3.00. The Bertz CT molecular complexity index is 229. The van der Waals surface area contributed by atoms with Gasteiger partial charge in [0.15, 0.2) is 0 Å². The summed E-state index contributed by atoms with van der Waals surface area (Å²) in [6.07, 6.45) is 2.60. The van der Waals surface area contributed by atoms with E-state index in [0.29, 0.717) is 5.92 Å². The van der Waals surface area contributed by atoms with E-state index in [9.17, 15) is 0 Å². The highest BCUT2D eigenvalue weighted by atomic mass is 16.5. The minimum absolute atomic E-state index is 0.244. The zero-order valence-corrected chi connectivity index (χ0v) is 11.3. The van der Waals surface area contributed by atoms with Crippen LogP contribution in [0.5, 0.6) is 0 Å². The van der Waals surface area contributed by atoms with Crippen LogP contribution in [0, 0.1) is 5.92 Å². The zero-order valence-electron chi connectivity index (χ0n) is 11.3. The van der Waals surface area contributed by atoms with Crippen molar-refractivity contribution in [1.29, 1.82) is 0 Å². The lowest BCUT2D eigenvalue weighted by Gasteiger charge is -2.37. The molecule has 0 saturated carbocycles. The Kier molecular flexibility index (Phi) is 4.79. The molecule has 0 aromatic heterocycles. The third-order valence-electron chi connectivity index (χ3n) is 4.40. The molecule has 2 fully saturated rings. The summed E-state index contributed by atoms with van der Waals surface area (Å²) in [6, 6.07) is 0.985. The molecule has 0 aromatic rings. The summed E-state index contributed by atoms with van der Waals surface area (Å²) >= 11 is 0. The Morgan fingerprint density at radius 3 is 2.53 bits per heavy atom. The molecule has 0 bridgehead atoms. The van der Waals surface area contributed by atoms with Gasteiger partial charge in [-0.05, 0) is 39.5 Å². The number of nitrogens with zero attached hydrogens (tertiary/aromatic N) is 2. The van der Waals surface area contributed by atoms with Crippen LogP contribution in [-0.2, 0) is 4.74 Å².